The average molecular weight is 808 g/mol. The Labute approximate surface area is 294 Å². The number of carbonyl (C=O) groups excluding carboxylic acids is 2. The topological polar surface area (TPSA) is 167 Å². The van der Waals surface area contributed by atoms with Crippen LogP contribution in [0.3, 0.4) is 0 Å². The van der Waals surface area contributed by atoms with Crippen molar-refractivity contribution < 1.29 is 63.0 Å². The molecule has 50 heavy (non-hydrogen) atoms. The summed E-state index contributed by atoms with van der Waals surface area (Å²) in [6, 6.07) is 12.7. The lowest BCUT2D eigenvalue weighted by Gasteiger charge is -2.12. The van der Waals surface area contributed by atoms with Crippen molar-refractivity contribution in [3.8, 4) is 11.5 Å². The third-order valence-electron chi connectivity index (χ3n) is 6.32. The van der Waals surface area contributed by atoms with Gasteiger partial charge >= 0.3 is 11.0 Å². The van der Waals surface area contributed by atoms with Gasteiger partial charge in [-0.3, -0.25) is 9.59 Å². The molecule has 0 aliphatic carbocycles. The summed E-state index contributed by atoms with van der Waals surface area (Å²) >= 11 is 17.2. The lowest BCUT2D eigenvalue weighted by atomic mass is 10.1. The van der Waals surface area contributed by atoms with Crippen LogP contribution >= 0.6 is 34.8 Å². The Hall–Kier alpha value is -4.23. The Morgan fingerprint density at radius 3 is 1.50 bits per heavy atom. The van der Waals surface area contributed by atoms with Gasteiger partial charge in [0.2, 0.25) is 0 Å². The number of para-hydroxylation sites is 1. The van der Waals surface area contributed by atoms with E-state index in [2.05, 4.69) is 10.6 Å². The van der Waals surface area contributed by atoms with Crippen molar-refractivity contribution in [2.24, 2.45) is 0 Å². The SMILES string of the molecule is Cc1cccc(O)c1C(=O)Nc1ccc(S(=O)(=O)C(F)(F)F)cc1Cl.O=C(Nc1ccc(S(=O)(=O)C(F)(F)F)cc1Cl)c1cccc(Cl)c1O. The van der Waals surface area contributed by atoms with Crippen LogP contribution in [0.15, 0.2) is 82.6 Å². The van der Waals surface area contributed by atoms with E-state index in [9.17, 15) is 63.0 Å². The minimum absolute atomic E-state index is 0.0365. The van der Waals surface area contributed by atoms with E-state index in [0.29, 0.717) is 29.8 Å². The molecule has 0 aliphatic rings. The van der Waals surface area contributed by atoms with Gasteiger partial charge in [0.15, 0.2) is 0 Å². The van der Waals surface area contributed by atoms with Crippen molar-refractivity contribution in [2.45, 2.75) is 27.7 Å². The first-order chi connectivity index (χ1) is 22.9. The van der Waals surface area contributed by atoms with Gasteiger partial charge in [0.05, 0.1) is 47.4 Å². The monoisotopic (exact) mass is 806 g/mol. The zero-order valence-electron chi connectivity index (χ0n) is 24.5. The summed E-state index contributed by atoms with van der Waals surface area (Å²) in [5.41, 5.74) is -11.0. The van der Waals surface area contributed by atoms with Gasteiger partial charge in [-0.25, -0.2) is 16.8 Å². The van der Waals surface area contributed by atoms with Crippen molar-refractivity contribution in [1.82, 2.24) is 0 Å². The van der Waals surface area contributed by atoms with Crippen LogP contribution in [0, 0.1) is 6.92 Å². The smallest absolute Gasteiger partial charge is 0.501 e. The standard InChI is InChI=1S/C15H11ClF3NO4S.C14H8Cl2F3NO4S/c1-8-3-2-4-12(21)13(8)14(22)20-11-6-5-9(7-10(11)16)25(23,24)15(17,18)19;15-9-3-1-2-8(12(9)21)13(22)20-11-5-4-7(6-10(11)16)25(23,24)14(17,18)19/h2-7,21H,1H3,(H,20,22);1-6,21H,(H,20,22). The minimum Gasteiger partial charge on any atom is -0.507 e. The fourth-order valence-electron chi connectivity index (χ4n) is 3.82. The molecular weight excluding hydrogens is 789 g/mol. The quantitative estimate of drug-likeness (QED) is 0.142. The van der Waals surface area contributed by atoms with Crippen LogP contribution in [-0.2, 0) is 19.7 Å². The Morgan fingerprint density at radius 2 is 1.08 bits per heavy atom. The van der Waals surface area contributed by atoms with Gasteiger partial charge in [0.1, 0.15) is 11.5 Å². The lowest BCUT2D eigenvalue weighted by Crippen LogP contribution is -2.23. The molecule has 0 unspecified atom stereocenters. The zero-order valence-corrected chi connectivity index (χ0v) is 28.4. The number of hydrogen-bond acceptors (Lipinski definition) is 8. The fraction of sp³-hybridized carbons (Fsp3) is 0.103. The predicted molar refractivity (Wildman–Crippen MR) is 171 cm³/mol. The molecule has 4 aromatic carbocycles. The van der Waals surface area contributed by atoms with Gasteiger partial charge < -0.3 is 20.8 Å². The molecule has 0 aliphatic heterocycles. The van der Waals surface area contributed by atoms with E-state index in [4.69, 9.17) is 34.8 Å². The summed E-state index contributed by atoms with van der Waals surface area (Å²) in [6.45, 7) is 1.58. The van der Waals surface area contributed by atoms with Crippen LogP contribution in [-0.4, -0.2) is 49.9 Å². The predicted octanol–water partition coefficient (Wildman–Crippen LogP) is 8.14. The summed E-state index contributed by atoms with van der Waals surface area (Å²) in [6.07, 6.45) is 0. The number of nitrogens with one attached hydrogen (secondary N) is 2. The highest BCUT2D eigenvalue weighted by Gasteiger charge is 2.48. The molecule has 0 heterocycles. The molecule has 0 atom stereocenters. The molecule has 2 amide bonds. The highest BCUT2D eigenvalue weighted by Crippen LogP contribution is 2.36. The number of benzene rings is 4. The van der Waals surface area contributed by atoms with Gasteiger partial charge in [-0.1, -0.05) is 53.0 Å². The second-order valence-electron chi connectivity index (χ2n) is 9.69. The van der Waals surface area contributed by atoms with E-state index in [1.807, 2.05) is 0 Å². The molecule has 10 nitrogen and oxygen atoms in total. The summed E-state index contributed by atoms with van der Waals surface area (Å²) < 4.78 is 121. The molecular formula is C29H19Cl3F6N2O8S2. The van der Waals surface area contributed by atoms with Crippen molar-refractivity contribution >= 4 is 77.7 Å². The Balaban J connectivity index is 0.000000270. The molecule has 4 rings (SSSR count). The molecule has 268 valence electrons. The van der Waals surface area contributed by atoms with Crippen LogP contribution in [0.25, 0.3) is 0 Å². The molecule has 0 radical (unpaired) electrons. The van der Waals surface area contributed by atoms with Crippen molar-refractivity contribution in [2.75, 3.05) is 10.6 Å². The second-order valence-corrected chi connectivity index (χ2v) is 14.8. The summed E-state index contributed by atoms with van der Waals surface area (Å²) in [4.78, 5) is 22.2. The highest BCUT2D eigenvalue weighted by atomic mass is 35.5. The number of hydrogen-bond donors (Lipinski definition) is 4. The first kappa shape index (κ1) is 40.2. The molecule has 0 bridgehead atoms. The Bertz CT molecular complexity index is 2180. The van der Waals surface area contributed by atoms with Gasteiger partial charge in [0, 0.05) is 0 Å². The number of amides is 2. The van der Waals surface area contributed by atoms with Gasteiger partial charge in [0.25, 0.3) is 31.5 Å². The number of anilines is 2. The maximum Gasteiger partial charge on any atom is 0.501 e. The van der Waals surface area contributed by atoms with E-state index >= 15 is 0 Å². The third-order valence-corrected chi connectivity index (χ3v) is 10.2. The first-order valence-electron chi connectivity index (χ1n) is 13.0. The van der Waals surface area contributed by atoms with Crippen molar-refractivity contribution in [3.05, 3.63) is 105 Å². The molecule has 0 spiro atoms. The van der Waals surface area contributed by atoms with Crippen LogP contribution < -0.4 is 10.6 Å². The summed E-state index contributed by atoms with van der Waals surface area (Å²) in [5, 5.41) is 23.1. The van der Waals surface area contributed by atoms with E-state index in [0.717, 1.165) is 12.1 Å². The molecule has 21 heteroatoms. The maximum absolute atomic E-state index is 12.5. The number of phenols is 2. The number of sulfone groups is 2. The molecule has 0 saturated carbocycles. The van der Waals surface area contributed by atoms with E-state index in [-0.39, 0.29) is 33.3 Å². The Kier molecular flexibility index (Phi) is 12.0. The van der Waals surface area contributed by atoms with Gasteiger partial charge in [-0.05, 0) is 67.1 Å². The molecule has 0 aromatic heterocycles. The maximum atomic E-state index is 12.5. The van der Waals surface area contributed by atoms with Crippen LogP contribution in [0.4, 0.5) is 37.7 Å². The molecule has 4 N–H and O–H groups in total. The number of halogens is 9. The third kappa shape index (κ3) is 8.73. The van der Waals surface area contributed by atoms with Crippen molar-refractivity contribution in [3.63, 3.8) is 0 Å². The normalized spacial score (nSPS) is 12.0. The number of carbonyl (C=O) groups is 2. The van der Waals surface area contributed by atoms with Crippen LogP contribution in [0.2, 0.25) is 15.1 Å². The number of aromatic hydroxyl groups is 2. The van der Waals surface area contributed by atoms with Crippen LogP contribution in [0.5, 0.6) is 11.5 Å². The molecule has 4 aromatic rings. The summed E-state index contributed by atoms with van der Waals surface area (Å²) in [7, 11) is -11.1. The molecule has 0 saturated heterocycles. The van der Waals surface area contributed by atoms with E-state index < -0.39 is 68.1 Å². The van der Waals surface area contributed by atoms with Crippen LogP contribution in [0.1, 0.15) is 26.3 Å². The summed E-state index contributed by atoms with van der Waals surface area (Å²) in [5.74, 6) is -2.36. The van der Waals surface area contributed by atoms with E-state index in [1.165, 1.54) is 30.3 Å². The largest absolute Gasteiger partial charge is 0.507 e. The Morgan fingerprint density at radius 1 is 0.640 bits per heavy atom. The van der Waals surface area contributed by atoms with Gasteiger partial charge in [-0.15, -0.1) is 0 Å². The lowest BCUT2D eigenvalue weighted by molar-refractivity contribution is -0.0442. The minimum atomic E-state index is -5.56. The highest BCUT2D eigenvalue weighted by molar-refractivity contribution is 7.92. The number of rotatable bonds is 6. The number of phenolic OH excluding ortho intramolecular Hbond substituents is 2. The fourth-order valence-corrected chi connectivity index (χ4v) is 6.15. The molecule has 0 fully saturated rings. The number of aryl methyl sites for hydroxylation is 1. The average Bonchev–Trinajstić information content (AvgIpc) is 2.99. The second kappa shape index (κ2) is 14.9. The zero-order chi connectivity index (χ0) is 38.0. The number of alkyl halides is 6. The van der Waals surface area contributed by atoms with Gasteiger partial charge in [-0.2, -0.15) is 26.3 Å². The van der Waals surface area contributed by atoms with Crippen molar-refractivity contribution in [1.29, 1.82) is 0 Å². The van der Waals surface area contributed by atoms with E-state index in [1.54, 1.807) is 13.0 Å². The first-order valence-corrected chi connectivity index (χ1v) is 17.1.